The van der Waals surface area contributed by atoms with Gasteiger partial charge in [0.25, 0.3) is 0 Å². The highest BCUT2D eigenvalue weighted by atomic mass is 19.4. The van der Waals surface area contributed by atoms with Crippen LogP contribution in [0.2, 0.25) is 0 Å². The van der Waals surface area contributed by atoms with E-state index in [-0.39, 0.29) is 17.5 Å². The number of hydrogen-bond donors (Lipinski definition) is 1. The zero-order valence-electron chi connectivity index (χ0n) is 13.7. The number of hydrazine groups is 1. The van der Waals surface area contributed by atoms with Gasteiger partial charge in [-0.15, -0.1) is 0 Å². The lowest BCUT2D eigenvalue weighted by atomic mass is 9.93. The second kappa shape index (κ2) is 5.74. The quantitative estimate of drug-likeness (QED) is 0.898. The molecule has 1 unspecified atom stereocenters. The van der Waals surface area contributed by atoms with Crippen LogP contribution in [0.25, 0.3) is 10.8 Å². The summed E-state index contributed by atoms with van der Waals surface area (Å²) in [6, 6.07) is 9.22. The van der Waals surface area contributed by atoms with Crippen molar-refractivity contribution in [3.8, 4) is 6.07 Å². The van der Waals surface area contributed by atoms with E-state index in [1.807, 2.05) is 6.07 Å². The summed E-state index contributed by atoms with van der Waals surface area (Å²) >= 11 is 0. The molecule has 1 saturated heterocycles. The van der Waals surface area contributed by atoms with E-state index >= 15 is 0 Å². The maximum Gasteiger partial charge on any atom is 0.409 e. The molecule has 0 radical (unpaired) electrons. The number of hydrogen-bond acceptors (Lipinski definition) is 3. The van der Waals surface area contributed by atoms with Crippen LogP contribution in [0.15, 0.2) is 36.4 Å². The molecule has 2 aromatic rings. The summed E-state index contributed by atoms with van der Waals surface area (Å²) in [5.74, 6) is -0.447. The molecular formula is C18H16F3N3O. The van der Waals surface area contributed by atoms with Crippen molar-refractivity contribution in [3.63, 3.8) is 0 Å². The van der Waals surface area contributed by atoms with Crippen molar-refractivity contribution in [2.45, 2.75) is 38.0 Å². The molecule has 0 bridgehead atoms. The minimum atomic E-state index is -4.61. The van der Waals surface area contributed by atoms with Crippen LogP contribution >= 0.6 is 0 Å². The Bertz CT molecular complexity index is 883. The number of amides is 1. The second-order valence-corrected chi connectivity index (χ2v) is 6.73. The molecule has 1 fully saturated rings. The van der Waals surface area contributed by atoms with Crippen molar-refractivity contribution in [2.24, 2.45) is 0 Å². The largest absolute Gasteiger partial charge is 0.409 e. The Morgan fingerprint density at radius 3 is 2.56 bits per heavy atom. The molecule has 1 atom stereocenters. The van der Waals surface area contributed by atoms with E-state index < -0.39 is 23.7 Å². The van der Waals surface area contributed by atoms with E-state index in [0.29, 0.717) is 10.8 Å². The van der Waals surface area contributed by atoms with Gasteiger partial charge in [0.2, 0.25) is 5.91 Å². The fraction of sp³-hybridized carbons (Fsp3) is 0.333. The highest BCUT2D eigenvalue weighted by Gasteiger charge is 2.53. The van der Waals surface area contributed by atoms with E-state index in [1.165, 1.54) is 12.1 Å². The maximum atomic E-state index is 14.0. The van der Waals surface area contributed by atoms with Crippen molar-refractivity contribution in [2.75, 3.05) is 0 Å². The Kier molecular flexibility index (Phi) is 3.96. The summed E-state index contributed by atoms with van der Waals surface area (Å²) in [5.41, 5.74) is 1.65. The summed E-state index contributed by atoms with van der Waals surface area (Å²) in [6.45, 7) is 3.19. The molecular weight excluding hydrogens is 331 g/mol. The molecule has 0 saturated carbocycles. The van der Waals surface area contributed by atoms with Crippen LogP contribution in [-0.4, -0.2) is 22.6 Å². The third kappa shape index (κ3) is 3.05. The SMILES string of the molecule is CC1(C)CC(=O)NN1C(c1cccc2ccc(C#N)cc12)C(F)(F)F. The van der Waals surface area contributed by atoms with Gasteiger partial charge in [0.05, 0.1) is 11.6 Å². The maximum absolute atomic E-state index is 14.0. The molecule has 2 aromatic carbocycles. The molecule has 25 heavy (non-hydrogen) atoms. The molecule has 3 rings (SSSR count). The predicted octanol–water partition coefficient (Wildman–Crippen LogP) is 3.83. The molecule has 7 heteroatoms. The molecule has 1 N–H and O–H groups in total. The summed E-state index contributed by atoms with van der Waals surface area (Å²) in [5, 5.41) is 11.0. The normalized spacial score (nSPS) is 18.8. The number of rotatable bonds is 2. The number of nitriles is 1. The summed E-state index contributed by atoms with van der Waals surface area (Å²) < 4.78 is 41.9. The van der Waals surface area contributed by atoms with Crippen molar-refractivity contribution in [1.82, 2.24) is 10.4 Å². The second-order valence-electron chi connectivity index (χ2n) is 6.73. The van der Waals surface area contributed by atoms with Gasteiger partial charge in [-0.1, -0.05) is 24.3 Å². The fourth-order valence-electron chi connectivity index (χ4n) is 3.28. The standard InChI is InChI=1S/C18H16F3N3O/c1-17(2)9-15(25)23-24(17)16(18(19,20)21)13-5-3-4-12-7-6-11(10-22)8-14(12)13/h3-8,16H,9H2,1-2H3,(H,23,25). The Hall–Kier alpha value is -2.59. The van der Waals surface area contributed by atoms with Crippen LogP contribution in [-0.2, 0) is 4.79 Å². The van der Waals surface area contributed by atoms with Crippen LogP contribution in [0.4, 0.5) is 13.2 Å². The third-order valence-electron chi connectivity index (χ3n) is 4.40. The average molecular weight is 347 g/mol. The first-order valence-corrected chi connectivity index (χ1v) is 7.72. The van der Waals surface area contributed by atoms with Crippen molar-refractivity contribution in [1.29, 1.82) is 5.26 Å². The van der Waals surface area contributed by atoms with E-state index in [2.05, 4.69) is 5.43 Å². The van der Waals surface area contributed by atoms with E-state index in [0.717, 1.165) is 5.01 Å². The van der Waals surface area contributed by atoms with Gasteiger partial charge in [0.15, 0.2) is 6.04 Å². The van der Waals surface area contributed by atoms with Gasteiger partial charge in [-0.2, -0.15) is 23.4 Å². The fourth-order valence-corrected chi connectivity index (χ4v) is 3.28. The zero-order valence-corrected chi connectivity index (χ0v) is 13.7. The van der Waals surface area contributed by atoms with Gasteiger partial charge >= 0.3 is 6.18 Å². The Balaban J connectivity index is 2.24. The van der Waals surface area contributed by atoms with Crippen LogP contribution in [0.1, 0.15) is 37.4 Å². The third-order valence-corrected chi connectivity index (χ3v) is 4.40. The number of nitrogens with one attached hydrogen (secondary N) is 1. The van der Waals surface area contributed by atoms with Crippen LogP contribution in [0, 0.1) is 11.3 Å². The number of benzene rings is 2. The Morgan fingerprint density at radius 1 is 1.28 bits per heavy atom. The van der Waals surface area contributed by atoms with Crippen LogP contribution in [0.5, 0.6) is 0 Å². The van der Waals surface area contributed by atoms with Crippen molar-refractivity contribution in [3.05, 3.63) is 47.5 Å². The minimum absolute atomic E-state index is 0.0115. The summed E-state index contributed by atoms with van der Waals surface area (Å²) in [7, 11) is 0. The molecule has 1 aliphatic rings. The number of nitrogens with zero attached hydrogens (tertiary/aromatic N) is 2. The molecule has 1 amide bonds. The highest BCUT2D eigenvalue weighted by molar-refractivity contribution is 5.87. The first-order chi connectivity index (χ1) is 11.6. The lowest BCUT2D eigenvalue weighted by Crippen LogP contribution is -2.51. The number of halogens is 3. The topological polar surface area (TPSA) is 56.1 Å². The molecule has 130 valence electrons. The Morgan fingerprint density at radius 2 is 2.00 bits per heavy atom. The lowest BCUT2D eigenvalue weighted by molar-refractivity contribution is -0.203. The molecule has 1 heterocycles. The number of alkyl halides is 3. The van der Waals surface area contributed by atoms with Crippen LogP contribution < -0.4 is 5.43 Å². The first-order valence-electron chi connectivity index (χ1n) is 7.72. The zero-order chi connectivity index (χ0) is 18.4. The molecule has 0 spiro atoms. The average Bonchev–Trinajstić information content (AvgIpc) is 2.78. The van der Waals surface area contributed by atoms with E-state index in [4.69, 9.17) is 5.26 Å². The number of carbonyl (C=O) groups excluding carboxylic acids is 1. The van der Waals surface area contributed by atoms with Gasteiger partial charge in [-0.3, -0.25) is 10.2 Å². The van der Waals surface area contributed by atoms with Crippen LogP contribution in [0.3, 0.4) is 0 Å². The van der Waals surface area contributed by atoms with Crippen molar-refractivity contribution >= 4 is 16.7 Å². The molecule has 1 aliphatic heterocycles. The molecule has 0 aromatic heterocycles. The predicted molar refractivity (Wildman–Crippen MR) is 86.1 cm³/mol. The number of carbonyl (C=O) groups is 1. The highest BCUT2D eigenvalue weighted by Crippen LogP contribution is 2.44. The molecule has 4 nitrogen and oxygen atoms in total. The monoisotopic (exact) mass is 347 g/mol. The van der Waals surface area contributed by atoms with Gasteiger partial charge in [0, 0.05) is 12.0 Å². The number of fused-ring (bicyclic) bond motifs is 1. The van der Waals surface area contributed by atoms with Gasteiger partial charge in [-0.25, -0.2) is 0 Å². The smallest absolute Gasteiger partial charge is 0.287 e. The first kappa shape index (κ1) is 17.2. The summed E-state index contributed by atoms with van der Waals surface area (Å²) in [4.78, 5) is 11.7. The van der Waals surface area contributed by atoms with E-state index in [9.17, 15) is 18.0 Å². The molecule has 0 aliphatic carbocycles. The Labute approximate surface area is 142 Å². The minimum Gasteiger partial charge on any atom is -0.287 e. The van der Waals surface area contributed by atoms with Gasteiger partial charge in [0.1, 0.15) is 0 Å². The summed E-state index contributed by atoms with van der Waals surface area (Å²) in [6.07, 6.45) is -4.63. The lowest BCUT2D eigenvalue weighted by Gasteiger charge is -2.38. The van der Waals surface area contributed by atoms with Gasteiger partial charge < -0.3 is 0 Å². The van der Waals surface area contributed by atoms with Crippen molar-refractivity contribution < 1.29 is 18.0 Å². The van der Waals surface area contributed by atoms with E-state index in [1.54, 1.807) is 38.1 Å². The van der Waals surface area contributed by atoms with Gasteiger partial charge in [-0.05, 0) is 42.3 Å².